The highest BCUT2D eigenvalue weighted by molar-refractivity contribution is 6.16. The van der Waals surface area contributed by atoms with Crippen molar-refractivity contribution in [2.45, 2.75) is 50.9 Å². The van der Waals surface area contributed by atoms with Crippen LogP contribution in [0.4, 0.5) is 5.69 Å². The van der Waals surface area contributed by atoms with E-state index >= 15 is 0 Å². The van der Waals surface area contributed by atoms with Gasteiger partial charge in [-0.2, -0.15) is 0 Å². The number of ether oxygens (including phenoxy) is 3. The predicted molar refractivity (Wildman–Crippen MR) is 191 cm³/mol. The van der Waals surface area contributed by atoms with Crippen LogP contribution in [0.1, 0.15) is 86.0 Å². The first kappa shape index (κ1) is 33.7. The minimum absolute atomic E-state index is 0.0218. The van der Waals surface area contributed by atoms with Crippen LogP contribution in [0.5, 0.6) is 0 Å². The third-order valence-electron chi connectivity index (χ3n) is 10.4. The smallest absolute Gasteiger partial charge is 0.346 e. The number of hydrogen-bond acceptors (Lipinski definition) is 9. The molecule has 0 aliphatic carbocycles. The molecule has 0 saturated carbocycles. The standard InChI is InChI=1S/C40H38N4O8/c1-23-34(21-43-17-15-29(16-18-43)44-33-8-3-2-7-32(33)42-40(44)49)50-39(51-35(23)25-11-9-24(22-45)10-12-25)27-5-4-6-28(19-27)41-36(46)26-13-14-30-31(20-26)38(48)52-37(30)47/h2-14,19-20,23,29,34-35,39,45H,15-18,21-22H2,1H3,(H,41,46)(H,42,49)/t23-,34+,35+,39?/m0/s1. The minimum Gasteiger partial charge on any atom is -0.392 e. The lowest BCUT2D eigenvalue weighted by Crippen LogP contribution is -2.47. The van der Waals surface area contributed by atoms with Crippen molar-refractivity contribution >= 4 is 34.6 Å². The van der Waals surface area contributed by atoms with Crippen LogP contribution in [0.15, 0.2) is 95.8 Å². The van der Waals surface area contributed by atoms with Crippen molar-refractivity contribution in [3.63, 3.8) is 0 Å². The SMILES string of the molecule is C[C@H]1[C@@H](CN2CCC(n3c(=O)[nH]c4ccccc43)CC2)OC(c2cccc(NC(=O)c3ccc4c(c3)C(=O)OC4=O)c2)O[C@H]1c1ccc(CO)cc1. The normalized spacial score (nSPS) is 22.3. The lowest BCUT2D eigenvalue weighted by Gasteiger charge is -2.44. The average Bonchev–Trinajstić information content (AvgIpc) is 3.66. The van der Waals surface area contributed by atoms with E-state index in [1.54, 1.807) is 12.1 Å². The molecule has 52 heavy (non-hydrogen) atoms. The highest BCUT2D eigenvalue weighted by Crippen LogP contribution is 2.42. The van der Waals surface area contributed by atoms with Crippen LogP contribution in [-0.4, -0.2) is 63.1 Å². The minimum atomic E-state index is -0.776. The molecule has 266 valence electrons. The number of fused-ring (bicyclic) bond motifs is 2. The summed E-state index contributed by atoms with van der Waals surface area (Å²) in [7, 11) is 0. The number of hydrogen-bond donors (Lipinski definition) is 3. The van der Waals surface area contributed by atoms with E-state index in [4.69, 9.17) is 9.47 Å². The Bertz CT molecular complexity index is 2220. The maximum atomic E-state index is 13.2. The molecule has 3 N–H and O–H groups in total. The number of piperidine rings is 1. The summed E-state index contributed by atoms with van der Waals surface area (Å²) in [5.41, 5.74) is 5.10. The molecule has 1 amide bonds. The van der Waals surface area contributed by atoms with E-state index in [0.29, 0.717) is 17.8 Å². The second kappa shape index (κ2) is 14.0. The Morgan fingerprint density at radius 3 is 2.42 bits per heavy atom. The fraction of sp³-hybridized carbons (Fsp3) is 0.300. The molecule has 4 heterocycles. The van der Waals surface area contributed by atoms with Gasteiger partial charge in [-0.3, -0.25) is 9.36 Å². The Morgan fingerprint density at radius 1 is 0.865 bits per heavy atom. The molecule has 3 aliphatic heterocycles. The Kier molecular flexibility index (Phi) is 9.06. The van der Waals surface area contributed by atoms with E-state index in [1.165, 1.54) is 18.2 Å². The molecule has 8 rings (SSSR count). The molecule has 0 radical (unpaired) electrons. The maximum Gasteiger partial charge on any atom is 0.346 e. The van der Waals surface area contributed by atoms with Crippen molar-refractivity contribution < 1.29 is 33.7 Å². The number of imidazole rings is 1. The van der Waals surface area contributed by atoms with Crippen molar-refractivity contribution in [2.24, 2.45) is 5.92 Å². The number of nitrogens with one attached hydrogen (secondary N) is 2. The van der Waals surface area contributed by atoms with Gasteiger partial charge in [-0.1, -0.05) is 55.5 Å². The van der Waals surface area contributed by atoms with Gasteiger partial charge in [0.2, 0.25) is 0 Å². The zero-order valence-corrected chi connectivity index (χ0v) is 28.5. The van der Waals surface area contributed by atoms with E-state index in [9.17, 15) is 24.3 Å². The molecule has 2 fully saturated rings. The number of benzene rings is 4. The highest BCUT2D eigenvalue weighted by atomic mass is 16.7. The number of carbonyl (C=O) groups is 3. The number of aliphatic hydroxyl groups is 1. The van der Waals surface area contributed by atoms with Gasteiger partial charge in [0.25, 0.3) is 5.91 Å². The maximum absolute atomic E-state index is 13.2. The lowest BCUT2D eigenvalue weighted by atomic mass is 9.89. The van der Waals surface area contributed by atoms with Crippen LogP contribution in [0, 0.1) is 5.92 Å². The van der Waals surface area contributed by atoms with Crippen LogP contribution in [0.2, 0.25) is 0 Å². The van der Waals surface area contributed by atoms with Crippen LogP contribution in [-0.2, 0) is 20.8 Å². The monoisotopic (exact) mass is 702 g/mol. The summed E-state index contributed by atoms with van der Waals surface area (Å²) in [5, 5.41) is 12.5. The van der Waals surface area contributed by atoms with Gasteiger partial charge in [-0.05, 0) is 66.4 Å². The summed E-state index contributed by atoms with van der Waals surface area (Å²) in [6.07, 6.45) is 0.395. The van der Waals surface area contributed by atoms with Gasteiger partial charge in [0, 0.05) is 48.4 Å². The van der Waals surface area contributed by atoms with Crippen molar-refractivity contribution in [3.05, 3.63) is 135 Å². The highest BCUT2D eigenvalue weighted by Gasteiger charge is 2.40. The number of aromatic amines is 1. The molecule has 12 heteroatoms. The number of cyclic esters (lactones) is 2. The molecule has 4 atom stereocenters. The Hall–Kier alpha value is -5.40. The van der Waals surface area contributed by atoms with Gasteiger partial charge in [-0.25, -0.2) is 14.4 Å². The summed E-state index contributed by atoms with van der Waals surface area (Å²) in [4.78, 5) is 55.4. The number of nitrogens with zero attached hydrogens (tertiary/aromatic N) is 2. The molecule has 2 saturated heterocycles. The number of aliphatic hydroxyl groups excluding tert-OH is 1. The first-order valence-corrected chi connectivity index (χ1v) is 17.5. The number of para-hydroxylation sites is 2. The largest absolute Gasteiger partial charge is 0.392 e. The third-order valence-corrected chi connectivity index (χ3v) is 10.4. The molecule has 0 bridgehead atoms. The molecule has 0 spiro atoms. The van der Waals surface area contributed by atoms with Crippen LogP contribution >= 0.6 is 0 Å². The van der Waals surface area contributed by atoms with Gasteiger partial charge in [-0.15, -0.1) is 0 Å². The predicted octanol–water partition coefficient (Wildman–Crippen LogP) is 5.51. The second-order valence-corrected chi connectivity index (χ2v) is 13.7. The summed E-state index contributed by atoms with van der Waals surface area (Å²) >= 11 is 0. The molecule has 5 aromatic rings. The number of likely N-dealkylation sites (tertiary alicyclic amines) is 1. The molecular weight excluding hydrogens is 664 g/mol. The number of esters is 2. The fourth-order valence-electron chi connectivity index (χ4n) is 7.57. The number of carbonyl (C=O) groups excluding carboxylic acids is 3. The van der Waals surface area contributed by atoms with Crippen molar-refractivity contribution in [3.8, 4) is 0 Å². The topological polar surface area (TPSA) is 152 Å². The average molecular weight is 703 g/mol. The van der Waals surface area contributed by atoms with E-state index in [0.717, 1.165) is 48.1 Å². The van der Waals surface area contributed by atoms with Crippen LogP contribution in [0.25, 0.3) is 11.0 Å². The summed E-state index contributed by atoms with van der Waals surface area (Å²) < 4.78 is 19.9. The first-order valence-electron chi connectivity index (χ1n) is 17.5. The van der Waals surface area contributed by atoms with Gasteiger partial charge in [0.15, 0.2) is 6.29 Å². The van der Waals surface area contributed by atoms with Gasteiger partial charge in [0.05, 0.1) is 41.0 Å². The van der Waals surface area contributed by atoms with Crippen LogP contribution < -0.4 is 11.0 Å². The zero-order valence-electron chi connectivity index (χ0n) is 28.5. The third kappa shape index (κ3) is 6.46. The number of rotatable bonds is 8. The van der Waals surface area contributed by atoms with Crippen LogP contribution in [0.3, 0.4) is 0 Å². The van der Waals surface area contributed by atoms with E-state index in [2.05, 4.69) is 26.9 Å². The molecule has 12 nitrogen and oxygen atoms in total. The van der Waals surface area contributed by atoms with Crippen molar-refractivity contribution in [1.29, 1.82) is 0 Å². The number of H-pyrrole nitrogens is 1. The van der Waals surface area contributed by atoms with Crippen molar-refractivity contribution in [1.82, 2.24) is 14.5 Å². The second-order valence-electron chi connectivity index (χ2n) is 13.7. The number of aromatic nitrogens is 2. The van der Waals surface area contributed by atoms with E-state index in [-0.39, 0.29) is 53.2 Å². The molecule has 4 aromatic carbocycles. The van der Waals surface area contributed by atoms with Gasteiger partial charge >= 0.3 is 17.6 Å². The molecule has 1 aromatic heterocycles. The molecule has 3 aliphatic rings. The molecular formula is C40H38N4O8. The Balaban J connectivity index is 1.00. The zero-order chi connectivity index (χ0) is 35.9. The Morgan fingerprint density at radius 2 is 1.63 bits per heavy atom. The van der Waals surface area contributed by atoms with Gasteiger partial charge < -0.3 is 34.5 Å². The van der Waals surface area contributed by atoms with E-state index < -0.39 is 24.1 Å². The van der Waals surface area contributed by atoms with Gasteiger partial charge in [0.1, 0.15) is 0 Å². The van der Waals surface area contributed by atoms with E-state index in [1.807, 2.05) is 65.2 Å². The number of anilines is 1. The summed E-state index contributed by atoms with van der Waals surface area (Å²) in [6, 6.07) is 27.1. The fourth-order valence-corrected chi connectivity index (χ4v) is 7.57. The first-order chi connectivity index (χ1) is 25.2. The summed E-state index contributed by atoms with van der Waals surface area (Å²) in [6.45, 7) is 4.35. The Labute approximate surface area is 298 Å². The lowest BCUT2D eigenvalue weighted by molar-refractivity contribution is -0.276. The van der Waals surface area contributed by atoms with Crippen molar-refractivity contribution in [2.75, 3.05) is 25.0 Å². The number of amides is 1. The quantitative estimate of drug-likeness (QED) is 0.140. The summed E-state index contributed by atoms with van der Waals surface area (Å²) in [5.74, 6) is -1.98. The molecule has 1 unspecified atom stereocenters.